The summed E-state index contributed by atoms with van der Waals surface area (Å²) in [5, 5.41) is 0. The lowest BCUT2D eigenvalue weighted by Crippen LogP contribution is -2.11. The van der Waals surface area contributed by atoms with Gasteiger partial charge in [-0.1, -0.05) is 0 Å². The van der Waals surface area contributed by atoms with Gasteiger partial charge in [0, 0.05) is 13.1 Å². The molecule has 8 N–H and O–H groups in total. The van der Waals surface area contributed by atoms with Crippen LogP contribution in [0.3, 0.4) is 0 Å². The maximum absolute atomic E-state index is 9.04. The average molecular weight is 372 g/mol. The van der Waals surface area contributed by atoms with Gasteiger partial charge in [-0.15, -0.1) is 0 Å². The smallest absolute Gasteiger partial charge is 0.209 e. The van der Waals surface area contributed by atoms with E-state index in [1.807, 2.05) is 0 Å². The molecule has 0 aliphatic heterocycles. The predicted molar refractivity (Wildman–Crippen MR) is 83.1 cm³/mol. The van der Waals surface area contributed by atoms with Crippen molar-refractivity contribution in [3.8, 4) is 0 Å². The van der Waals surface area contributed by atoms with Gasteiger partial charge < -0.3 is 31.0 Å². The van der Waals surface area contributed by atoms with E-state index < -0.39 is 32.0 Å². The first kappa shape index (κ1) is 32.3. The van der Waals surface area contributed by atoms with Crippen LogP contribution in [-0.4, -0.2) is 57.9 Å². The summed E-state index contributed by atoms with van der Waals surface area (Å²) >= 11 is 0. The van der Waals surface area contributed by atoms with E-state index in [-0.39, 0.29) is 0 Å². The molecule has 0 heterocycles. The van der Waals surface area contributed by atoms with Gasteiger partial charge in [-0.2, -0.15) is 19.6 Å². The van der Waals surface area contributed by atoms with Crippen molar-refractivity contribution >= 4 is 57.2 Å². The summed E-state index contributed by atoms with van der Waals surface area (Å²) in [6, 6.07) is 0. The molecule has 0 fully saturated rings. The molecule has 0 aliphatic carbocycles. The Morgan fingerprint density at radius 2 is 0.650 bits per heavy atom. The summed E-state index contributed by atoms with van der Waals surface area (Å²) in [6.07, 6.45) is 10.8. The van der Waals surface area contributed by atoms with Crippen LogP contribution in [0.15, 0.2) is 0 Å². The minimum Gasteiger partial charge on any atom is -0.604 e. The highest BCUT2D eigenvalue weighted by Crippen LogP contribution is 1.89. The highest BCUT2D eigenvalue weighted by atomic mass is 31.1. The van der Waals surface area contributed by atoms with E-state index in [1.54, 1.807) is 0 Å². The van der Waals surface area contributed by atoms with E-state index in [4.69, 9.17) is 50.6 Å². The number of hydrogen-bond donors (Lipinski definition) is 6. The van der Waals surface area contributed by atoms with Gasteiger partial charge in [-0.25, -0.2) is 0 Å². The molecule has 0 aromatic carbocycles. The fourth-order valence-electron chi connectivity index (χ4n) is 0. The molecule has 0 amide bonds. The zero-order chi connectivity index (χ0) is 17.7. The molecule has 0 aliphatic rings. The fourth-order valence-corrected chi connectivity index (χ4v) is 0. The van der Waals surface area contributed by atoms with Crippen molar-refractivity contribution < 1.29 is 39.1 Å². The summed E-state index contributed by atoms with van der Waals surface area (Å²) < 4.78 is 0. The lowest BCUT2D eigenvalue weighted by Gasteiger charge is -1.72. The summed E-state index contributed by atoms with van der Waals surface area (Å²) in [4.78, 5) is 66.0. The van der Waals surface area contributed by atoms with Crippen molar-refractivity contribution in [2.75, 3.05) is 13.1 Å². The molecule has 4 atom stereocenters. The monoisotopic (exact) mass is 372 g/mol. The third-order valence-electron chi connectivity index (χ3n) is 0.167. The Labute approximate surface area is 121 Å². The molecule has 0 rings (SSSR count). The largest absolute Gasteiger partial charge is 0.604 e. The number of hydrogen-bond acceptors (Lipinski definition) is 10. The Hall–Kier alpha value is 0.280. The molecule has 4 unspecified atom stereocenters. The lowest BCUT2D eigenvalue weighted by atomic mass is 10.7. The second kappa shape index (κ2) is 31.6. The first-order valence-corrected chi connectivity index (χ1v) is 9.70. The second-order valence-corrected chi connectivity index (χ2v) is 4.80. The quantitative estimate of drug-likeness (QED) is 0.241. The molecule has 122 valence electrons. The van der Waals surface area contributed by atoms with Crippen LogP contribution in [0.1, 0.15) is 0 Å². The summed E-state index contributed by atoms with van der Waals surface area (Å²) in [7, 11) is -8.48. The van der Waals surface area contributed by atoms with Gasteiger partial charge in [-0.3, -0.25) is 0 Å². The van der Waals surface area contributed by atoms with Crippen molar-refractivity contribution in [3.63, 3.8) is 0 Å². The third-order valence-corrected chi connectivity index (χ3v) is 0.167. The summed E-state index contributed by atoms with van der Waals surface area (Å²) in [5.41, 5.74) is 9.81. The Bertz CT molecular complexity index is 199. The molecule has 0 spiro atoms. The second-order valence-electron chi connectivity index (χ2n) is 1.99. The summed E-state index contributed by atoms with van der Waals surface area (Å²) in [5.74, 6) is 0. The Kier molecular flexibility index (Phi) is 51.0. The van der Waals surface area contributed by atoms with Crippen molar-refractivity contribution in [2.24, 2.45) is 11.5 Å². The molecule has 0 saturated carbocycles. The molecule has 0 aromatic rings. The van der Waals surface area contributed by atoms with E-state index >= 15 is 0 Å². The highest BCUT2D eigenvalue weighted by molar-refractivity contribution is 7.42. The number of rotatable bonds is 1. The van der Waals surface area contributed by atoms with Crippen LogP contribution < -0.4 is 31.0 Å². The lowest BCUT2D eigenvalue weighted by molar-refractivity contribution is -0.168. The van der Waals surface area contributed by atoms with Gasteiger partial charge in [0.2, 0.25) is 32.0 Å². The molecular weight excluding hydrogens is 352 g/mol. The topological polar surface area (TPSA) is 225 Å². The van der Waals surface area contributed by atoms with Gasteiger partial charge >= 0.3 is 0 Å². The third kappa shape index (κ3) is 3330. The number of nitrogens with two attached hydrogens (primary N) is 2. The van der Waals surface area contributed by atoms with Gasteiger partial charge in [0.1, 0.15) is 25.2 Å². The van der Waals surface area contributed by atoms with E-state index in [9.17, 15) is 0 Å². The molecule has 0 radical (unpaired) electrons. The molecule has 0 bridgehead atoms. The van der Waals surface area contributed by atoms with E-state index in [2.05, 4.69) is 25.2 Å². The van der Waals surface area contributed by atoms with Crippen LogP contribution in [0.4, 0.5) is 0 Å². The van der Waals surface area contributed by atoms with Gasteiger partial charge in [0.25, 0.3) is 0 Å². The van der Waals surface area contributed by atoms with Crippen LogP contribution in [0.2, 0.25) is 0 Å². The van der Waals surface area contributed by atoms with Crippen molar-refractivity contribution in [3.05, 3.63) is 0 Å². The average Bonchev–Trinajstić information content (AvgIpc) is 2.13. The van der Waals surface area contributed by atoms with Crippen LogP contribution >= 0.6 is 32.0 Å². The Morgan fingerprint density at radius 1 is 0.600 bits per heavy atom. The van der Waals surface area contributed by atoms with Crippen LogP contribution in [-0.2, 0) is 0 Å². The maximum Gasteiger partial charge on any atom is 0.209 e. The van der Waals surface area contributed by atoms with Crippen molar-refractivity contribution in [1.29, 1.82) is 0 Å². The molecule has 10 nitrogen and oxygen atoms in total. The standard InChI is InChI=1S/C2H8N2.4CH3O2P/c3-1-2-4;4*1-4(2)3/h1-4H2;4*1H2,(H,2,3). The maximum atomic E-state index is 9.04. The van der Waals surface area contributed by atoms with Crippen LogP contribution in [0, 0.1) is 0 Å². The Balaban J connectivity index is -0.0000000469. The van der Waals surface area contributed by atoms with Crippen LogP contribution in [0.5, 0.6) is 0 Å². The van der Waals surface area contributed by atoms with Gasteiger partial charge in [0.05, 0.1) is 0 Å². The Morgan fingerprint density at radius 3 is 0.650 bits per heavy atom. The fraction of sp³-hybridized carbons (Fsp3) is 0.333. The normalized spacial score (nSPS) is 10.3. The van der Waals surface area contributed by atoms with Gasteiger partial charge in [-0.05, 0) is 0 Å². The molecule has 20 heavy (non-hydrogen) atoms. The minimum atomic E-state index is -2.12. The van der Waals surface area contributed by atoms with Crippen LogP contribution in [0.25, 0.3) is 0 Å². The molecule has 0 saturated heterocycles. The van der Waals surface area contributed by atoms with E-state index in [1.165, 1.54) is 0 Å². The molecule has 0 aromatic heterocycles. The first-order chi connectivity index (χ1) is 8.84. The van der Waals surface area contributed by atoms with Crippen molar-refractivity contribution in [2.45, 2.75) is 0 Å². The summed E-state index contributed by atoms with van der Waals surface area (Å²) in [6.45, 7) is 1.19. The zero-order valence-corrected chi connectivity index (χ0v) is 14.2. The first-order valence-electron chi connectivity index (χ1n) is 4.11. The van der Waals surface area contributed by atoms with Gasteiger partial charge in [0.15, 0.2) is 0 Å². The van der Waals surface area contributed by atoms with E-state index in [0.29, 0.717) is 13.1 Å². The zero-order valence-electron chi connectivity index (χ0n) is 10.6. The molecule has 14 heteroatoms. The van der Waals surface area contributed by atoms with E-state index in [0.717, 1.165) is 0 Å². The SMILES string of the molecule is C=[P+]([O-])O.C=[P+]([O-])O.C=[P+]([O-])O.C=[P+]([O-])O.NCCN. The minimum absolute atomic E-state index is 0.597. The highest BCUT2D eigenvalue weighted by Gasteiger charge is 1.59. The molecular formula is C6H20N2O8P4. The predicted octanol–water partition coefficient (Wildman–Crippen LogP) is -4.76. The van der Waals surface area contributed by atoms with Crippen molar-refractivity contribution in [1.82, 2.24) is 0 Å².